The van der Waals surface area contributed by atoms with Gasteiger partial charge in [0.15, 0.2) is 0 Å². The van der Waals surface area contributed by atoms with Crippen LogP contribution in [-0.2, 0) is 24.3 Å². The monoisotopic (exact) mass is 789 g/mol. The summed E-state index contributed by atoms with van der Waals surface area (Å²) in [4.78, 5) is 31.6. The number of benzene rings is 4. The smallest absolute Gasteiger partial charge is 0.253 e. The van der Waals surface area contributed by atoms with Crippen molar-refractivity contribution in [3.8, 4) is 22.4 Å². The van der Waals surface area contributed by atoms with Crippen molar-refractivity contribution in [1.82, 2.24) is 24.7 Å². The third kappa shape index (κ3) is 10.3. The van der Waals surface area contributed by atoms with Gasteiger partial charge in [-0.1, -0.05) is 100 Å². The number of nitrogens with one attached hydrogen (secondary N) is 1. The highest BCUT2D eigenvalue weighted by atomic mass is 79.9. The molecule has 53 heavy (non-hydrogen) atoms. The van der Waals surface area contributed by atoms with Crippen LogP contribution in [0.3, 0.4) is 0 Å². The molecular weight excluding hydrogens is 742 g/mol. The maximum atomic E-state index is 14.0. The molecule has 5 aromatic rings. The van der Waals surface area contributed by atoms with Gasteiger partial charge in [0.1, 0.15) is 5.69 Å². The molecule has 4 aromatic carbocycles. The maximum Gasteiger partial charge on any atom is 0.253 e. The molecule has 7 nitrogen and oxygen atoms in total. The van der Waals surface area contributed by atoms with Crippen molar-refractivity contribution in [2.24, 2.45) is 11.8 Å². The van der Waals surface area contributed by atoms with Gasteiger partial charge in [-0.2, -0.15) is 0 Å². The van der Waals surface area contributed by atoms with Crippen molar-refractivity contribution in [1.29, 1.82) is 0 Å². The van der Waals surface area contributed by atoms with Crippen LogP contribution in [0.25, 0.3) is 22.4 Å². The zero-order chi connectivity index (χ0) is 36.4. The molecule has 0 atom stereocenters. The Morgan fingerprint density at radius 2 is 1.38 bits per heavy atom. The standard InChI is InChI=1S/C44H48BrN5O2S/c45-41-15-4-8-34(26-41)27-43(51)50(30-36-10-3-13-39(25-36)42-31-53-48-47-42)29-35-9-2-11-37(24-35)38-12-5-14-40(28-38)44(52)49-22-18-33(19-23-49)7-1-6-32-16-20-46-21-17-32/h2-5,8-15,24-26,28,31-33,46H,1,6-7,16-23,27,29-30H2. The average molecular weight is 791 g/mol. The van der Waals surface area contributed by atoms with Crippen LogP contribution in [0.1, 0.15) is 72.0 Å². The predicted molar refractivity (Wildman–Crippen MR) is 217 cm³/mol. The van der Waals surface area contributed by atoms with Crippen molar-refractivity contribution in [3.63, 3.8) is 0 Å². The number of nitrogens with zero attached hydrogens (tertiary/aromatic N) is 4. The Kier molecular flexibility index (Phi) is 12.8. The Bertz CT molecular complexity index is 1970. The Hall–Kier alpha value is -4.18. The van der Waals surface area contributed by atoms with E-state index in [2.05, 4.69) is 67.2 Å². The molecule has 0 bridgehead atoms. The molecule has 2 amide bonds. The molecule has 2 fully saturated rings. The van der Waals surface area contributed by atoms with E-state index in [0.29, 0.717) is 19.5 Å². The molecule has 0 radical (unpaired) electrons. The lowest BCUT2D eigenvalue weighted by Gasteiger charge is -2.32. The first-order valence-corrected chi connectivity index (χ1v) is 20.7. The fraction of sp³-hybridized carbons (Fsp3) is 0.364. The van der Waals surface area contributed by atoms with Crippen molar-refractivity contribution >= 4 is 39.3 Å². The van der Waals surface area contributed by atoms with Gasteiger partial charge in [0, 0.05) is 47.2 Å². The third-order valence-electron chi connectivity index (χ3n) is 10.9. The first kappa shape index (κ1) is 37.1. The quantitative estimate of drug-likeness (QED) is 0.129. The molecule has 1 N–H and O–H groups in total. The minimum atomic E-state index is 0.0485. The van der Waals surface area contributed by atoms with E-state index in [9.17, 15) is 9.59 Å². The Morgan fingerprint density at radius 3 is 2.08 bits per heavy atom. The highest BCUT2D eigenvalue weighted by molar-refractivity contribution is 9.10. The molecular formula is C44H48BrN5O2S. The van der Waals surface area contributed by atoms with E-state index < -0.39 is 0 Å². The molecule has 3 heterocycles. The van der Waals surface area contributed by atoms with E-state index in [1.54, 1.807) is 0 Å². The van der Waals surface area contributed by atoms with Crippen LogP contribution in [0.4, 0.5) is 0 Å². The molecule has 2 saturated heterocycles. The fourth-order valence-corrected chi connectivity index (χ4v) is 8.79. The molecule has 0 unspecified atom stereocenters. The van der Waals surface area contributed by atoms with E-state index >= 15 is 0 Å². The number of hydrogen-bond donors (Lipinski definition) is 1. The summed E-state index contributed by atoms with van der Waals surface area (Å²) in [6, 6.07) is 32.5. The number of piperidine rings is 2. The molecule has 7 rings (SSSR count). The number of rotatable bonds is 13. The van der Waals surface area contributed by atoms with E-state index in [1.165, 1.54) is 56.7 Å². The van der Waals surface area contributed by atoms with Gasteiger partial charge in [-0.05, 0) is 126 Å². The largest absolute Gasteiger partial charge is 0.339 e. The normalized spacial score (nSPS) is 15.4. The molecule has 1 aromatic heterocycles. The summed E-state index contributed by atoms with van der Waals surface area (Å²) >= 11 is 4.88. The summed E-state index contributed by atoms with van der Waals surface area (Å²) in [7, 11) is 0. The molecule has 0 spiro atoms. The lowest BCUT2D eigenvalue weighted by atomic mass is 9.87. The van der Waals surface area contributed by atoms with E-state index in [4.69, 9.17) is 0 Å². The summed E-state index contributed by atoms with van der Waals surface area (Å²) in [5.74, 6) is 1.80. The van der Waals surface area contributed by atoms with Crippen LogP contribution in [0.15, 0.2) is 107 Å². The van der Waals surface area contributed by atoms with Crippen molar-refractivity contribution in [2.75, 3.05) is 26.2 Å². The topological polar surface area (TPSA) is 78.4 Å². The summed E-state index contributed by atoms with van der Waals surface area (Å²) in [6.07, 6.45) is 9.12. The van der Waals surface area contributed by atoms with Gasteiger partial charge in [0.25, 0.3) is 5.91 Å². The van der Waals surface area contributed by atoms with Gasteiger partial charge in [0.05, 0.1) is 6.42 Å². The summed E-state index contributed by atoms with van der Waals surface area (Å²) in [6.45, 7) is 4.94. The number of carbonyl (C=O) groups excluding carboxylic acids is 2. The van der Waals surface area contributed by atoms with Gasteiger partial charge >= 0.3 is 0 Å². The molecule has 0 aliphatic carbocycles. The minimum Gasteiger partial charge on any atom is -0.339 e. The molecule has 2 aliphatic rings. The zero-order valence-electron chi connectivity index (χ0n) is 30.3. The molecule has 0 saturated carbocycles. The van der Waals surface area contributed by atoms with Gasteiger partial charge < -0.3 is 15.1 Å². The Labute approximate surface area is 326 Å². The average Bonchev–Trinajstić information content (AvgIpc) is 3.74. The Morgan fingerprint density at radius 1 is 0.755 bits per heavy atom. The van der Waals surface area contributed by atoms with E-state index in [1.807, 2.05) is 75.8 Å². The number of halogens is 1. The Balaban J connectivity index is 1.02. The lowest BCUT2D eigenvalue weighted by molar-refractivity contribution is -0.131. The third-order valence-corrected chi connectivity index (χ3v) is 11.9. The SMILES string of the molecule is O=C(Cc1cccc(Br)c1)N(Cc1cccc(-c2cccc(C(=O)N3CCC(CCCC4CCNCC4)CC3)c2)c1)Cc1cccc(-c2csnn2)c1. The van der Waals surface area contributed by atoms with Crippen molar-refractivity contribution in [3.05, 3.63) is 129 Å². The lowest BCUT2D eigenvalue weighted by Crippen LogP contribution is -2.38. The van der Waals surface area contributed by atoms with Crippen LogP contribution >= 0.6 is 27.5 Å². The van der Waals surface area contributed by atoms with Crippen LogP contribution in [0.2, 0.25) is 0 Å². The predicted octanol–water partition coefficient (Wildman–Crippen LogP) is 9.43. The number of likely N-dealkylation sites (tertiary alicyclic amines) is 1. The van der Waals surface area contributed by atoms with E-state index in [-0.39, 0.29) is 11.8 Å². The fourth-order valence-electron chi connectivity index (χ4n) is 7.88. The number of carbonyl (C=O) groups is 2. The summed E-state index contributed by atoms with van der Waals surface area (Å²) < 4.78 is 4.98. The van der Waals surface area contributed by atoms with Crippen LogP contribution in [0, 0.1) is 11.8 Å². The highest BCUT2D eigenvalue weighted by Crippen LogP contribution is 2.29. The first-order chi connectivity index (χ1) is 26.0. The maximum absolute atomic E-state index is 14.0. The van der Waals surface area contributed by atoms with Crippen LogP contribution < -0.4 is 5.32 Å². The second-order valence-electron chi connectivity index (χ2n) is 14.7. The summed E-state index contributed by atoms with van der Waals surface area (Å²) in [5.41, 5.74) is 7.61. The van der Waals surface area contributed by atoms with Gasteiger partial charge in [0.2, 0.25) is 5.91 Å². The number of hydrogen-bond acceptors (Lipinski definition) is 6. The van der Waals surface area contributed by atoms with Gasteiger partial charge in [-0.3, -0.25) is 9.59 Å². The highest BCUT2D eigenvalue weighted by Gasteiger charge is 2.24. The van der Waals surface area contributed by atoms with Crippen molar-refractivity contribution < 1.29 is 9.59 Å². The number of aromatic nitrogens is 2. The molecule has 274 valence electrons. The van der Waals surface area contributed by atoms with Gasteiger partial charge in [-0.25, -0.2) is 0 Å². The number of amides is 2. The second kappa shape index (κ2) is 18.2. The first-order valence-electron chi connectivity index (χ1n) is 19.0. The van der Waals surface area contributed by atoms with Gasteiger partial charge in [-0.15, -0.1) is 5.10 Å². The van der Waals surface area contributed by atoms with Crippen LogP contribution in [-0.4, -0.2) is 57.4 Å². The molecule has 9 heteroatoms. The van der Waals surface area contributed by atoms with Crippen LogP contribution in [0.5, 0.6) is 0 Å². The molecule has 2 aliphatic heterocycles. The van der Waals surface area contributed by atoms with Crippen molar-refractivity contribution in [2.45, 2.75) is 64.5 Å². The zero-order valence-corrected chi connectivity index (χ0v) is 32.7. The minimum absolute atomic E-state index is 0.0485. The van der Waals surface area contributed by atoms with E-state index in [0.717, 1.165) is 86.9 Å². The second-order valence-corrected chi connectivity index (χ2v) is 16.2. The summed E-state index contributed by atoms with van der Waals surface area (Å²) in [5, 5.41) is 9.65.